The average Bonchev–Trinajstić information content (AvgIpc) is 2.64. The maximum Gasteiger partial charge on any atom is 0.141 e. The summed E-state index contributed by atoms with van der Waals surface area (Å²) in [5.74, 6) is 1.02. The molecule has 0 spiro atoms. The van der Waals surface area contributed by atoms with Gasteiger partial charge in [0.25, 0.3) is 0 Å². The maximum atomic E-state index is 5.63. The van der Waals surface area contributed by atoms with E-state index in [1.165, 1.54) is 15.8 Å². The molecular formula is C13H20N4S. The zero-order valence-electron chi connectivity index (χ0n) is 11.4. The van der Waals surface area contributed by atoms with E-state index < -0.39 is 0 Å². The van der Waals surface area contributed by atoms with E-state index in [1.54, 1.807) is 17.7 Å². The van der Waals surface area contributed by atoms with Crippen LogP contribution in [0, 0.1) is 13.8 Å². The van der Waals surface area contributed by atoms with Gasteiger partial charge in [-0.3, -0.25) is 0 Å². The number of nitrogens with zero attached hydrogens (tertiary/aromatic N) is 3. The minimum absolute atomic E-state index is 0.382. The normalized spacial score (nSPS) is 12.9. The van der Waals surface area contributed by atoms with Crippen molar-refractivity contribution in [2.75, 3.05) is 18.5 Å². The van der Waals surface area contributed by atoms with Crippen LogP contribution in [0.25, 0.3) is 10.2 Å². The average molecular weight is 264 g/mol. The van der Waals surface area contributed by atoms with E-state index in [2.05, 4.69) is 42.7 Å². The van der Waals surface area contributed by atoms with Gasteiger partial charge in [-0.15, -0.1) is 11.3 Å². The van der Waals surface area contributed by atoms with E-state index in [4.69, 9.17) is 5.73 Å². The Labute approximate surface area is 112 Å². The molecule has 5 heteroatoms. The molecule has 1 unspecified atom stereocenters. The molecule has 0 aliphatic carbocycles. The fourth-order valence-corrected chi connectivity index (χ4v) is 3.07. The number of anilines is 1. The van der Waals surface area contributed by atoms with Crippen LogP contribution in [-0.2, 0) is 0 Å². The predicted octanol–water partition coefficient (Wildman–Crippen LogP) is 2.48. The Bertz CT molecular complexity index is 549. The minimum atomic E-state index is 0.382. The van der Waals surface area contributed by atoms with Gasteiger partial charge in [-0.1, -0.05) is 0 Å². The number of hydrogen-bond acceptors (Lipinski definition) is 5. The van der Waals surface area contributed by atoms with Crippen molar-refractivity contribution in [3.63, 3.8) is 0 Å². The Kier molecular flexibility index (Phi) is 3.82. The zero-order valence-corrected chi connectivity index (χ0v) is 12.2. The van der Waals surface area contributed by atoms with E-state index in [-0.39, 0.29) is 0 Å². The van der Waals surface area contributed by atoms with Gasteiger partial charge in [0.05, 0.1) is 5.39 Å². The molecule has 2 aromatic rings. The number of rotatable bonds is 4. The summed E-state index contributed by atoms with van der Waals surface area (Å²) in [4.78, 5) is 13.4. The van der Waals surface area contributed by atoms with Crippen molar-refractivity contribution >= 4 is 27.4 Å². The van der Waals surface area contributed by atoms with E-state index in [0.29, 0.717) is 12.6 Å². The van der Waals surface area contributed by atoms with Crippen molar-refractivity contribution in [3.8, 4) is 0 Å². The molecule has 2 N–H and O–H groups in total. The molecule has 0 bridgehead atoms. The fraction of sp³-hybridized carbons (Fsp3) is 0.538. The summed E-state index contributed by atoms with van der Waals surface area (Å²) < 4.78 is 0. The highest BCUT2D eigenvalue weighted by molar-refractivity contribution is 7.18. The lowest BCUT2D eigenvalue weighted by Crippen LogP contribution is -2.31. The second-order valence-electron chi connectivity index (χ2n) is 4.70. The van der Waals surface area contributed by atoms with Gasteiger partial charge in [-0.05, 0) is 39.3 Å². The lowest BCUT2D eigenvalue weighted by molar-refractivity contribution is 0.631. The number of fused-ring (bicyclic) bond motifs is 1. The first kappa shape index (κ1) is 13.2. The Hall–Kier alpha value is -1.20. The molecule has 1 atom stereocenters. The van der Waals surface area contributed by atoms with Crippen LogP contribution in [0.2, 0.25) is 0 Å². The number of hydrogen-bond donors (Lipinski definition) is 1. The molecule has 18 heavy (non-hydrogen) atoms. The van der Waals surface area contributed by atoms with Gasteiger partial charge < -0.3 is 10.6 Å². The molecule has 0 saturated heterocycles. The van der Waals surface area contributed by atoms with Gasteiger partial charge >= 0.3 is 0 Å². The third kappa shape index (κ3) is 2.20. The summed E-state index contributed by atoms with van der Waals surface area (Å²) in [6, 6.07) is 0.382. The van der Waals surface area contributed by atoms with Crippen LogP contribution in [0.5, 0.6) is 0 Å². The highest BCUT2D eigenvalue weighted by Gasteiger charge is 2.17. The van der Waals surface area contributed by atoms with Gasteiger partial charge in [0.15, 0.2) is 0 Å². The van der Waals surface area contributed by atoms with Gasteiger partial charge in [-0.2, -0.15) is 0 Å². The molecule has 0 aliphatic rings. The van der Waals surface area contributed by atoms with Gasteiger partial charge in [0.1, 0.15) is 17.0 Å². The molecule has 0 fully saturated rings. The molecule has 0 saturated carbocycles. The second-order valence-corrected chi connectivity index (χ2v) is 5.90. The highest BCUT2D eigenvalue weighted by Crippen LogP contribution is 2.34. The number of thiophene rings is 1. The van der Waals surface area contributed by atoms with E-state index in [9.17, 15) is 0 Å². The van der Waals surface area contributed by atoms with Crippen LogP contribution in [0.1, 0.15) is 23.8 Å². The first-order valence-electron chi connectivity index (χ1n) is 6.19. The molecule has 0 aromatic carbocycles. The van der Waals surface area contributed by atoms with E-state index >= 15 is 0 Å². The van der Waals surface area contributed by atoms with Crippen LogP contribution in [-0.4, -0.2) is 29.6 Å². The van der Waals surface area contributed by atoms with Gasteiger partial charge in [-0.25, -0.2) is 9.97 Å². The molecule has 98 valence electrons. The van der Waals surface area contributed by atoms with Crippen molar-refractivity contribution < 1.29 is 0 Å². The zero-order chi connectivity index (χ0) is 13.3. The monoisotopic (exact) mass is 264 g/mol. The molecule has 0 radical (unpaired) electrons. The van der Waals surface area contributed by atoms with Crippen LogP contribution in [0.3, 0.4) is 0 Å². The molecule has 0 aliphatic heterocycles. The number of aryl methyl sites for hydroxylation is 2. The Balaban J connectivity index is 2.50. The summed E-state index contributed by atoms with van der Waals surface area (Å²) >= 11 is 1.73. The first-order chi connectivity index (χ1) is 8.56. The summed E-state index contributed by atoms with van der Waals surface area (Å²) in [7, 11) is 2.08. The quantitative estimate of drug-likeness (QED) is 0.921. The van der Waals surface area contributed by atoms with Gasteiger partial charge in [0.2, 0.25) is 0 Å². The standard InChI is InChI=1S/C13H20N4S/c1-8(5-6-14)17(4)12-11-9(2)10(3)18-13(11)16-7-15-12/h7-8H,5-6,14H2,1-4H3. The molecule has 2 heterocycles. The smallest absolute Gasteiger partial charge is 0.141 e. The molecular weight excluding hydrogens is 244 g/mol. The minimum Gasteiger partial charge on any atom is -0.356 e. The summed E-state index contributed by atoms with van der Waals surface area (Å²) in [6.45, 7) is 7.15. The number of nitrogens with two attached hydrogens (primary N) is 1. The fourth-order valence-electron chi connectivity index (χ4n) is 2.07. The van der Waals surface area contributed by atoms with Crippen molar-refractivity contribution in [1.82, 2.24) is 9.97 Å². The molecule has 2 aromatic heterocycles. The summed E-state index contributed by atoms with van der Waals surface area (Å²) in [5.41, 5.74) is 6.92. The first-order valence-corrected chi connectivity index (χ1v) is 7.01. The molecule has 4 nitrogen and oxygen atoms in total. The molecule has 0 amide bonds. The second kappa shape index (κ2) is 5.20. The largest absolute Gasteiger partial charge is 0.356 e. The van der Waals surface area contributed by atoms with Crippen molar-refractivity contribution in [2.24, 2.45) is 5.73 Å². The lowest BCUT2D eigenvalue weighted by atomic mass is 10.1. The van der Waals surface area contributed by atoms with E-state index in [1.807, 2.05) is 0 Å². The van der Waals surface area contributed by atoms with E-state index in [0.717, 1.165) is 17.1 Å². The SMILES string of the molecule is Cc1sc2ncnc(N(C)C(C)CCN)c2c1C. The van der Waals surface area contributed by atoms with Crippen molar-refractivity contribution in [3.05, 3.63) is 16.8 Å². The molecule has 2 rings (SSSR count). The van der Waals surface area contributed by atoms with Gasteiger partial charge in [0, 0.05) is 18.0 Å². The number of aromatic nitrogens is 2. The van der Waals surface area contributed by atoms with Crippen LogP contribution in [0.4, 0.5) is 5.82 Å². The highest BCUT2D eigenvalue weighted by atomic mass is 32.1. The topological polar surface area (TPSA) is 55.0 Å². The third-order valence-corrected chi connectivity index (χ3v) is 4.64. The van der Waals surface area contributed by atoms with Crippen molar-refractivity contribution in [2.45, 2.75) is 33.2 Å². The summed E-state index contributed by atoms with van der Waals surface area (Å²) in [5, 5.41) is 1.19. The Morgan fingerprint density at radius 2 is 2.11 bits per heavy atom. The van der Waals surface area contributed by atoms with Crippen molar-refractivity contribution in [1.29, 1.82) is 0 Å². The van der Waals surface area contributed by atoms with Crippen LogP contribution < -0.4 is 10.6 Å². The Morgan fingerprint density at radius 1 is 1.39 bits per heavy atom. The van der Waals surface area contributed by atoms with Crippen LogP contribution in [0.15, 0.2) is 6.33 Å². The lowest BCUT2D eigenvalue weighted by Gasteiger charge is -2.26. The summed E-state index contributed by atoms with van der Waals surface area (Å²) in [6.07, 6.45) is 2.61. The maximum absolute atomic E-state index is 5.63. The Morgan fingerprint density at radius 3 is 2.78 bits per heavy atom. The van der Waals surface area contributed by atoms with Crippen LogP contribution >= 0.6 is 11.3 Å². The predicted molar refractivity (Wildman–Crippen MR) is 78.4 cm³/mol. The third-order valence-electron chi connectivity index (χ3n) is 3.53.